The van der Waals surface area contributed by atoms with Crippen molar-refractivity contribution in [1.29, 1.82) is 0 Å². The Morgan fingerprint density at radius 3 is 2.34 bits per heavy atom. The zero-order chi connectivity index (χ0) is 19.8. The zero-order valence-corrected chi connectivity index (χ0v) is 16.6. The summed E-state index contributed by atoms with van der Waals surface area (Å²) in [4.78, 5) is 31.8. The van der Waals surface area contributed by atoms with Crippen molar-refractivity contribution in [2.45, 2.75) is 81.5 Å². The molecule has 2 saturated heterocycles. The van der Waals surface area contributed by atoms with Gasteiger partial charge in [-0.1, -0.05) is 12.1 Å². The zero-order valence-electron chi connectivity index (χ0n) is 16.6. The Kier molecular flexibility index (Phi) is 3.74. The molecule has 1 N–H and O–H groups in total. The van der Waals surface area contributed by atoms with Crippen LogP contribution in [0, 0.1) is 5.92 Å². The van der Waals surface area contributed by atoms with Gasteiger partial charge in [-0.3, -0.25) is 9.69 Å². The number of aromatic nitrogens is 2. The molecule has 0 amide bonds. The molecule has 1 aromatic carbocycles. The van der Waals surface area contributed by atoms with E-state index >= 15 is 0 Å². The van der Waals surface area contributed by atoms with E-state index < -0.39 is 11.5 Å². The second kappa shape index (κ2) is 6.14. The number of fused-ring (bicyclic) bond motifs is 6. The lowest BCUT2D eigenvalue weighted by atomic mass is 9.85. The molecule has 2 saturated carbocycles. The molecule has 2 aliphatic heterocycles. The summed E-state index contributed by atoms with van der Waals surface area (Å²) in [5.74, 6) is -0.311. The van der Waals surface area contributed by atoms with Crippen LogP contribution in [0.4, 0.5) is 0 Å². The molecule has 2 aliphatic carbocycles. The molecule has 3 heterocycles. The number of hydrogen-bond donors (Lipinski definition) is 1. The number of hydrogen-bond acceptors (Lipinski definition) is 4. The topological polar surface area (TPSA) is 75.4 Å². The number of rotatable bonds is 3. The fraction of sp³-hybridized carbons (Fsp3) is 0.609. The highest BCUT2D eigenvalue weighted by molar-refractivity contribution is 5.88. The molecule has 2 aromatic rings. The van der Waals surface area contributed by atoms with Crippen LogP contribution in [0.2, 0.25) is 0 Å². The van der Waals surface area contributed by atoms with E-state index in [1.54, 1.807) is 10.6 Å². The van der Waals surface area contributed by atoms with Crippen molar-refractivity contribution in [3.8, 4) is 0 Å². The second-order valence-corrected chi connectivity index (χ2v) is 9.72. The van der Waals surface area contributed by atoms with Crippen LogP contribution in [0.25, 0.3) is 11.0 Å². The number of benzene rings is 1. The third kappa shape index (κ3) is 2.48. The van der Waals surface area contributed by atoms with Crippen LogP contribution >= 0.6 is 0 Å². The van der Waals surface area contributed by atoms with Gasteiger partial charge < -0.3 is 9.67 Å². The van der Waals surface area contributed by atoms with Crippen molar-refractivity contribution >= 4 is 17.0 Å². The molecule has 29 heavy (non-hydrogen) atoms. The molecule has 0 spiro atoms. The van der Waals surface area contributed by atoms with E-state index in [0.717, 1.165) is 24.3 Å². The first kappa shape index (κ1) is 17.6. The molecule has 6 nitrogen and oxygen atoms in total. The van der Waals surface area contributed by atoms with E-state index in [4.69, 9.17) is 0 Å². The van der Waals surface area contributed by atoms with Gasteiger partial charge >= 0.3 is 5.97 Å². The highest BCUT2D eigenvalue weighted by atomic mass is 16.4. The highest BCUT2D eigenvalue weighted by Gasteiger charge is 2.56. The Morgan fingerprint density at radius 1 is 1.03 bits per heavy atom. The van der Waals surface area contributed by atoms with Crippen molar-refractivity contribution < 1.29 is 9.90 Å². The molecule has 2 unspecified atom stereocenters. The summed E-state index contributed by atoms with van der Waals surface area (Å²) in [7, 11) is 0. The molecular weight excluding hydrogens is 366 g/mol. The maximum atomic E-state index is 13.1. The van der Waals surface area contributed by atoms with E-state index in [9.17, 15) is 14.7 Å². The highest BCUT2D eigenvalue weighted by Crippen LogP contribution is 2.57. The third-order valence-electron chi connectivity index (χ3n) is 8.32. The quantitative estimate of drug-likeness (QED) is 0.862. The summed E-state index contributed by atoms with van der Waals surface area (Å²) in [5, 5.41) is 9.54. The van der Waals surface area contributed by atoms with Gasteiger partial charge in [0.15, 0.2) is 0 Å². The third-order valence-corrected chi connectivity index (χ3v) is 8.32. The Labute approximate surface area is 169 Å². The maximum absolute atomic E-state index is 13.1. The molecule has 152 valence electrons. The van der Waals surface area contributed by atoms with Gasteiger partial charge in [0, 0.05) is 23.7 Å². The number of piperidine rings is 1. The first-order valence-electron chi connectivity index (χ1n) is 11.1. The molecule has 0 radical (unpaired) electrons. The Balaban J connectivity index is 1.41. The summed E-state index contributed by atoms with van der Waals surface area (Å²) in [6, 6.07) is 8.54. The minimum atomic E-state index is -1.24. The van der Waals surface area contributed by atoms with Crippen LogP contribution in [-0.2, 0) is 0 Å². The second-order valence-electron chi connectivity index (χ2n) is 9.72. The summed E-state index contributed by atoms with van der Waals surface area (Å²) in [6.07, 6.45) is 11.1. The van der Waals surface area contributed by atoms with Crippen molar-refractivity contribution in [2.24, 2.45) is 5.92 Å². The van der Waals surface area contributed by atoms with Gasteiger partial charge in [-0.05, 0) is 75.8 Å². The Hall–Kier alpha value is -2.21. The monoisotopic (exact) mass is 393 g/mol. The number of carboxylic acids is 1. The van der Waals surface area contributed by atoms with Crippen molar-refractivity contribution in [1.82, 2.24) is 14.5 Å². The van der Waals surface area contributed by atoms with Crippen molar-refractivity contribution in [3.05, 3.63) is 40.3 Å². The van der Waals surface area contributed by atoms with E-state index in [1.807, 2.05) is 18.2 Å². The molecule has 4 fully saturated rings. The minimum Gasteiger partial charge on any atom is -0.476 e. The first-order chi connectivity index (χ1) is 14.1. The lowest BCUT2D eigenvalue weighted by molar-refractivity contribution is -0.000427. The number of aromatic carboxylic acids is 1. The van der Waals surface area contributed by atoms with Gasteiger partial charge in [0.25, 0.3) is 5.56 Å². The molecule has 4 aliphatic rings. The summed E-state index contributed by atoms with van der Waals surface area (Å²) in [6.45, 7) is 0. The molecule has 6 rings (SSSR count). The number of carboxylic acid groups (broad SMARTS) is 1. The summed E-state index contributed by atoms with van der Waals surface area (Å²) >= 11 is 0. The first-order valence-corrected chi connectivity index (χ1v) is 11.1. The van der Waals surface area contributed by atoms with Gasteiger partial charge in [-0.15, -0.1) is 0 Å². The van der Waals surface area contributed by atoms with Crippen LogP contribution in [0.1, 0.15) is 74.3 Å². The van der Waals surface area contributed by atoms with Gasteiger partial charge in [0.2, 0.25) is 5.69 Å². The fourth-order valence-electron chi connectivity index (χ4n) is 7.31. The van der Waals surface area contributed by atoms with Gasteiger partial charge in [0.05, 0.1) is 11.0 Å². The molecule has 4 bridgehead atoms. The standard InChI is InChI=1S/C23H27N3O3/c27-21-20(22(28)29)24-18-3-1-2-4-19(18)25(21)17-11-15-5-6-16(12-17)26(15)23-9-7-14(13-23)8-10-23/h1-4,14-17H,5-13H2,(H,28,29)/t14?,15-,16?,17?,23?/m0/s1. The van der Waals surface area contributed by atoms with Crippen LogP contribution in [0.15, 0.2) is 29.1 Å². The minimum absolute atomic E-state index is 0.0530. The molecule has 6 heteroatoms. The summed E-state index contributed by atoms with van der Waals surface area (Å²) < 4.78 is 1.76. The molecule has 1 aromatic heterocycles. The molecular formula is C23H27N3O3. The van der Waals surface area contributed by atoms with Crippen molar-refractivity contribution in [3.63, 3.8) is 0 Å². The average molecular weight is 393 g/mol. The van der Waals surface area contributed by atoms with Gasteiger partial charge in [0.1, 0.15) is 0 Å². The largest absolute Gasteiger partial charge is 0.476 e. The van der Waals surface area contributed by atoms with E-state index in [2.05, 4.69) is 9.88 Å². The van der Waals surface area contributed by atoms with Crippen LogP contribution in [0.5, 0.6) is 0 Å². The summed E-state index contributed by atoms with van der Waals surface area (Å²) in [5.41, 5.74) is 0.965. The normalized spacial score (nSPS) is 36.1. The predicted molar refractivity (Wildman–Crippen MR) is 109 cm³/mol. The van der Waals surface area contributed by atoms with E-state index in [0.29, 0.717) is 23.1 Å². The number of carbonyl (C=O) groups is 1. The Morgan fingerprint density at radius 2 is 1.72 bits per heavy atom. The lowest BCUT2D eigenvalue weighted by Crippen LogP contribution is -2.56. The smallest absolute Gasteiger partial charge is 0.360 e. The van der Waals surface area contributed by atoms with Crippen molar-refractivity contribution in [2.75, 3.05) is 0 Å². The van der Waals surface area contributed by atoms with E-state index in [-0.39, 0.29) is 11.7 Å². The van der Waals surface area contributed by atoms with Gasteiger partial charge in [-0.25, -0.2) is 9.78 Å². The van der Waals surface area contributed by atoms with Gasteiger partial charge in [-0.2, -0.15) is 0 Å². The van der Waals surface area contributed by atoms with Crippen LogP contribution in [0.3, 0.4) is 0 Å². The predicted octanol–water partition coefficient (Wildman–Crippen LogP) is 3.60. The fourth-order valence-corrected chi connectivity index (χ4v) is 7.31. The van der Waals surface area contributed by atoms with Crippen LogP contribution in [-0.4, -0.2) is 43.1 Å². The Bertz CT molecular complexity index is 1040. The SMILES string of the molecule is O=C(O)c1nc2ccccc2n(C2CC3CC[C@@H](C2)N3C23CCC(CC2)C3)c1=O. The molecule has 3 atom stereocenters. The number of para-hydroxylation sites is 2. The lowest BCUT2D eigenvalue weighted by Gasteiger charge is -2.49. The average Bonchev–Trinajstić information content (AvgIpc) is 3.39. The number of nitrogens with zero attached hydrogens (tertiary/aromatic N) is 3. The maximum Gasteiger partial charge on any atom is 0.360 e. The van der Waals surface area contributed by atoms with Crippen LogP contribution < -0.4 is 5.56 Å². The van der Waals surface area contributed by atoms with E-state index in [1.165, 1.54) is 44.9 Å².